The van der Waals surface area contributed by atoms with Gasteiger partial charge in [-0.15, -0.1) is 0 Å². The molecule has 0 unspecified atom stereocenters. The maximum absolute atomic E-state index is 13.3. The van der Waals surface area contributed by atoms with Crippen molar-refractivity contribution in [3.8, 4) is 0 Å². The van der Waals surface area contributed by atoms with Crippen molar-refractivity contribution >= 4 is 51.7 Å². The second-order valence-corrected chi connectivity index (χ2v) is 8.30. The Labute approximate surface area is 171 Å². The Hall–Kier alpha value is -2.83. The van der Waals surface area contributed by atoms with E-state index in [1.165, 1.54) is 11.8 Å². The summed E-state index contributed by atoms with van der Waals surface area (Å²) in [6.07, 6.45) is 1.55. The molecule has 1 aliphatic heterocycles. The lowest BCUT2D eigenvalue weighted by Crippen LogP contribution is -2.30. The third-order valence-electron chi connectivity index (χ3n) is 4.52. The number of para-hydroxylation sites is 3. The molecule has 4 nitrogen and oxygen atoms in total. The molecule has 136 valence electrons. The highest BCUT2D eigenvalue weighted by Crippen LogP contribution is 2.48. The number of aromatic nitrogens is 2. The number of hydrogen-bond donors (Lipinski definition) is 0. The number of fused-ring (bicyclic) bond motifs is 3. The number of carbonyl (C=O) groups is 1. The number of anilines is 2. The second kappa shape index (κ2) is 7.30. The zero-order valence-corrected chi connectivity index (χ0v) is 16.4. The Balaban J connectivity index is 1.47. The fourth-order valence-electron chi connectivity index (χ4n) is 3.26. The highest BCUT2D eigenvalue weighted by atomic mass is 32.2. The molecule has 0 atom stereocenters. The maximum Gasteiger partial charge on any atom is 0.242 e. The highest BCUT2D eigenvalue weighted by molar-refractivity contribution is 8.00. The molecule has 1 amide bonds. The standard InChI is InChI=1S/C22H15N3OS2/c26-21(13-27-22-15-7-1-2-8-16(15)23-14-24-22)25-17-9-3-5-11-19(17)28-20-12-6-4-10-18(20)25/h1-12,14H,13H2. The minimum atomic E-state index is 0.0351. The Morgan fingerprint density at radius 1 is 0.857 bits per heavy atom. The first kappa shape index (κ1) is 17.3. The molecule has 1 aliphatic rings. The third kappa shape index (κ3) is 3.04. The van der Waals surface area contributed by atoms with Gasteiger partial charge < -0.3 is 0 Å². The average Bonchev–Trinajstić information content (AvgIpc) is 2.75. The number of thioether (sulfide) groups is 1. The van der Waals surface area contributed by atoms with E-state index in [1.54, 1.807) is 18.1 Å². The summed E-state index contributed by atoms with van der Waals surface area (Å²) in [6, 6.07) is 23.9. The summed E-state index contributed by atoms with van der Waals surface area (Å²) in [4.78, 5) is 26.0. The van der Waals surface area contributed by atoms with Gasteiger partial charge in [-0.2, -0.15) is 0 Å². The van der Waals surface area contributed by atoms with Crippen LogP contribution in [0, 0.1) is 0 Å². The van der Waals surface area contributed by atoms with Crippen molar-refractivity contribution in [2.45, 2.75) is 14.8 Å². The molecule has 0 N–H and O–H groups in total. The predicted octanol–water partition coefficient (Wildman–Crippen LogP) is 5.55. The molecule has 0 spiro atoms. The van der Waals surface area contributed by atoms with E-state index in [-0.39, 0.29) is 5.91 Å². The molecule has 2 heterocycles. The van der Waals surface area contributed by atoms with Crippen LogP contribution in [-0.4, -0.2) is 21.6 Å². The number of benzene rings is 3. The van der Waals surface area contributed by atoms with Crippen LogP contribution in [0.2, 0.25) is 0 Å². The molecule has 0 bridgehead atoms. The van der Waals surface area contributed by atoms with Gasteiger partial charge >= 0.3 is 0 Å². The van der Waals surface area contributed by atoms with Gasteiger partial charge in [-0.05, 0) is 30.3 Å². The van der Waals surface area contributed by atoms with Gasteiger partial charge in [-0.25, -0.2) is 9.97 Å². The molecular formula is C22H15N3OS2. The molecule has 0 saturated carbocycles. The van der Waals surface area contributed by atoms with Crippen LogP contribution < -0.4 is 4.90 Å². The van der Waals surface area contributed by atoms with E-state index in [0.29, 0.717) is 5.75 Å². The SMILES string of the molecule is O=C(CSc1ncnc2ccccc12)N1c2ccccc2Sc2ccccc21. The normalized spacial score (nSPS) is 12.5. The summed E-state index contributed by atoms with van der Waals surface area (Å²) < 4.78 is 0. The van der Waals surface area contributed by atoms with Crippen molar-refractivity contribution in [1.29, 1.82) is 0 Å². The highest BCUT2D eigenvalue weighted by Gasteiger charge is 2.27. The van der Waals surface area contributed by atoms with E-state index < -0.39 is 0 Å². The van der Waals surface area contributed by atoms with Gasteiger partial charge in [0.15, 0.2) is 0 Å². The lowest BCUT2D eigenvalue weighted by molar-refractivity contribution is -0.115. The van der Waals surface area contributed by atoms with E-state index in [0.717, 1.165) is 37.1 Å². The summed E-state index contributed by atoms with van der Waals surface area (Å²) in [5.74, 6) is 0.335. The van der Waals surface area contributed by atoms with E-state index in [1.807, 2.05) is 65.6 Å². The molecule has 0 radical (unpaired) electrons. The van der Waals surface area contributed by atoms with Crippen LogP contribution in [0.15, 0.2) is 93.9 Å². The topological polar surface area (TPSA) is 46.1 Å². The molecule has 0 fully saturated rings. The fourth-order valence-corrected chi connectivity index (χ4v) is 5.16. The summed E-state index contributed by atoms with van der Waals surface area (Å²) in [5.41, 5.74) is 2.76. The van der Waals surface area contributed by atoms with Crippen LogP contribution in [0.3, 0.4) is 0 Å². The monoisotopic (exact) mass is 401 g/mol. The molecule has 5 rings (SSSR count). The molecule has 0 aliphatic carbocycles. The summed E-state index contributed by atoms with van der Waals surface area (Å²) in [5, 5.41) is 1.80. The van der Waals surface area contributed by atoms with Gasteiger partial charge in [-0.1, -0.05) is 66.0 Å². The van der Waals surface area contributed by atoms with Crippen LogP contribution in [0.4, 0.5) is 11.4 Å². The summed E-state index contributed by atoms with van der Waals surface area (Å²) in [6.45, 7) is 0. The van der Waals surface area contributed by atoms with Crippen LogP contribution in [0.25, 0.3) is 10.9 Å². The number of carbonyl (C=O) groups excluding carboxylic acids is 1. The number of amides is 1. The van der Waals surface area contributed by atoms with Gasteiger partial charge in [0.1, 0.15) is 11.4 Å². The number of rotatable bonds is 3. The summed E-state index contributed by atoms with van der Waals surface area (Å²) in [7, 11) is 0. The van der Waals surface area contributed by atoms with Crippen LogP contribution in [0.1, 0.15) is 0 Å². The van der Waals surface area contributed by atoms with Crippen LogP contribution in [-0.2, 0) is 4.79 Å². The maximum atomic E-state index is 13.3. The number of hydrogen-bond acceptors (Lipinski definition) is 5. The predicted molar refractivity (Wildman–Crippen MR) is 114 cm³/mol. The van der Waals surface area contributed by atoms with Gasteiger partial charge in [0, 0.05) is 15.2 Å². The van der Waals surface area contributed by atoms with Crippen molar-refractivity contribution in [1.82, 2.24) is 9.97 Å². The third-order valence-corrected chi connectivity index (χ3v) is 6.64. The quantitative estimate of drug-likeness (QED) is 0.333. The van der Waals surface area contributed by atoms with Crippen molar-refractivity contribution in [3.05, 3.63) is 79.1 Å². The molecule has 6 heteroatoms. The molecule has 28 heavy (non-hydrogen) atoms. The number of nitrogens with zero attached hydrogens (tertiary/aromatic N) is 3. The lowest BCUT2D eigenvalue weighted by atomic mass is 10.2. The zero-order valence-electron chi connectivity index (χ0n) is 14.8. The van der Waals surface area contributed by atoms with E-state index >= 15 is 0 Å². The van der Waals surface area contributed by atoms with E-state index in [2.05, 4.69) is 22.1 Å². The average molecular weight is 402 g/mol. The molecule has 4 aromatic rings. The molecule has 0 saturated heterocycles. The second-order valence-electron chi connectivity index (χ2n) is 6.25. The van der Waals surface area contributed by atoms with Crippen molar-refractivity contribution in [3.63, 3.8) is 0 Å². The Kier molecular flexibility index (Phi) is 4.50. The summed E-state index contributed by atoms with van der Waals surface area (Å²) >= 11 is 3.15. The van der Waals surface area contributed by atoms with Crippen LogP contribution >= 0.6 is 23.5 Å². The molecule has 3 aromatic carbocycles. The lowest BCUT2D eigenvalue weighted by Gasteiger charge is -2.31. The first-order valence-corrected chi connectivity index (χ1v) is 10.6. The van der Waals surface area contributed by atoms with Gasteiger partial charge in [-0.3, -0.25) is 9.69 Å². The smallest absolute Gasteiger partial charge is 0.242 e. The Bertz CT molecular complexity index is 1140. The molecular weight excluding hydrogens is 386 g/mol. The Morgan fingerprint density at radius 2 is 1.50 bits per heavy atom. The van der Waals surface area contributed by atoms with E-state index in [4.69, 9.17) is 0 Å². The van der Waals surface area contributed by atoms with Gasteiger partial charge in [0.2, 0.25) is 5.91 Å². The molecule has 1 aromatic heterocycles. The van der Waals surface area contributed by atoms with E-state index in [9.17, 15) is 4.79 Å². The van der Waals surface area contributed by atoms with Crippen molar-refractivity contribution in [2.75, 3.05) is 10.7 Å². The first-order chi connectivity index (χ1) is 13.8. The van der Waals surface area contributed by atoms with Crippen molar-refractivity contribution < 1.29 is 4.79 Å². The minimum absolute atomic E-state index is 0.0351. The largest absolute Gasteiger partial charge is 0.278 e. The van der Waals surface area contributed by atoms with Crippen molar-refractivity contribution in [2.24, 2.45) is 0 Å². The minimum Gasteiger partial charge on any atom is -0.278 e. The zero-order chi connectivity index (χ0) is 18.9. The van der Waals surface area contributed by atoms with Gasteiger partial charge in [0.05, 0.1) is 22.6 Å². The Morgan fingerprint density at radius 3 is 2.25 bits per heavy atom. The fraction of sp³-hybridized carbons (Fsp3) is 0.0455. The van der Waals surface area contributed by atoms with Gasteiger partial charge in [0.25, 0.3) is 0 Å². The van der Waals surface area contributed by atoms with Crippen LogP contribution in [0.5, 0.6) is 0 Å². The first-order valence-electron chi connectivity index (χ1n) is 8.83.